The molecule has 0 aromatic carbocycles. The Morgan fingerprint density at radius 3 is 2.72 bits per heavy atom. The summed E-state index contributed by atoms with van der Waals surface area (Å²) in [5.41, 5.74) is 0. The molecule has 1 saturated heterocycles. The summed E-state index contributed by atoms with van der Waals surface area (Å²) in [5, 5.41) is 11.6. The number of amides is 2. The van der Waals surface area contributed by atoms with Crippen LogP contribution in [0.25, 0.3) is 0 Å². The largest absolute Gasteiger partial charge is 0.481 e. The first-order valence-electron chi connectivity index (χ1n) is 6.30. The van der Waals surface area contributed by atoms with Crippen molar-refractivity contribution in [3.63, 3.8) is 0 Å². The summed E-state index contributed by atoms with van der Waals surface area (Å²) in [5.74, 6) is -0.922. The molecule has 0 bridgehead atoms. The first-order valence-corrected chi connectivity index (χ1v) is 6.30. The Balaban J connectivity index is 2.25. The molecule has 1 aliphatic rings. The summed E-state index contributed by atoms with van der Waals surface area (Å²) in [6.45, 7) is 4.57. The summed E-state index contributed by atoms with van der Waals surface area (Å²) in [4.78, 5) is 26.1. The van der Waals surface area contributed by atoms with Crippen LogP contribution < -0.4 is 5.32 Å². The molecule has 0 aliphatic carbocycles. The fraction of sp³-hybridized carbons (Fsp3) is 0.833. The monoisotopic (exact) mass is 257 g/mol. The number of nitrogens with zero attached hydrogens (tertiary/aromatic N) is 2. The number of rotatable bonds is 5. The lowest BCUT2D eigenvalue weighted by Crippen LogP contribution is -2.42. The van der Waals surface area contributed by atoms with Crippen molar-refractivity contribution in [2.24, 2.45) is 11.8 Å². The van der Waals surface area contributed by atoms with Gasteiger partial charge in [0.2, 0.25) is 0 Å². The van der Waals surface area contributed by atoms with Crippen molar-refractivity contribution < 1.29 is 14.7 Å². The molecule has 2 atom stereocenters. The second-order valence-electron chi connectivity index (χ2n) is 5.22. The molecule has 0 saturated carbocycles. The molecule has 6 heteroatoms. The highest BCUT2D eigenvalue weighted by Gasteiger charge is 2.21. The van der Waals surface area contributed by atoms with Crippen LogP contribution in [-0.4, -0.2) is 67.2 Å². The van der Waals surface area contributed by atoms with Crippen LogP contribution in [0.3, 0.4) is 0 Å². The molecular formula is C12H23N3O3. The molecule has 1 rings (SSSR count). The van der Waals surface area contributed by atoms with Crippen LogP contribution in [0.5, 0.6) is 0 Å². The number of carbonyl (C=O) groups excluding carboxylic acids is 1. The fourth-order valence-corrected chi connectivity index (χ4v) is 2.13. The number of carboxylic acid groups (broad SMARTS) is 1. The van der Waals surface area contributed by atoms with Crippen LogP contribution >= 0.6 is 0 Å². The number of nitrogens with one attached hydrogen (secondary N) is 1. The lowest BCUT2D eigenvalue weighted by Gasteiger charge is -2.21. The molecule has 2 N–H and O–H groups in total. The van der Waals surface area contributed by atoms with Crippen molar-refractivity contribution in [1.82, 2.24) is 15.1 Å². The van der Waals surface area contributed by atoms with Crippen LogP contribution in [-0.2, 0) is 4.79 Å². The highest BCUT2D eigenvalue weighted by molar-refractivity contribution is 5.75. The molecule has 0 radical (unpaired) electrons. The zero-order valence-electron chi connectivity index (χ0n) is 11.3. The van der Waals surface area contributed by atoms with E-state index in [1.165, 1.54) is 4.90 Å². The first-order chi connectivity index (χ1) is 8.40. The van der Waals surface area contributed by atoms with Gasteiger partial charge in [-0.05, 0) is 25.9 Å². The number of hydrogen-bond acceptors (Lipinski definition) is 3. The summed E-state index contributed by atoms with van der Waals surface area (Å²) in [6, 6.07) is -0.197. The Hall–Kier alpha value is -1.30. The Kier molecular flexibility index (Phi) is 5.40. The molecule has 18 heavy (non-hydrogen) atoms. The smallest absolute Gasteiger partial charge is 0.317 e. The zero-order valence-corrected chi connectivity index (χ0v) is 11.3. The van der Waals surface area contributed by atoms with E-state index in [4.69, 9.17) is 5.11 Å². The van der Waals surface area contributed by atoms with Gasteiger partial charge in [0, 0.05) is 26.7 Å². The molecule has 1 aliphatic heterocycles. The van der Waals surface area contributed by atoms with E-state index in [0.29, 0.717) is 12.5 Å². The molecule has 1 heterocycles. The van der Waals surface area contributed by atoms with E-state index in [0.717, 1.165) is 19.5 Å². The lowest BCUT2D eigenvalue weighted by atomic mass is 10.1. The summed E-state index contributed by atoms with van der Waals surface area (Å²) in [7, 11) is 3.69. The molecular weight excluding hydrogens is 234 g/mol. The van der Waals surface area contributed by atoms with Crippen molar-refractivity contribution in [3.05, 3.63) is 0 Å². The van der Waals surface area contributed by atoms with E-state index in [-0.39, 0.29) is 12.6 Å². The van der Waals surface area contributed by atoms with Gasteiger partial charge in [-0.1, -0.05) is 6.92 Å². The quantitative estimate of drug-likeness (QED) is 0.743. The van der Waals surface area contributed by atoms with Crippen molar-refractivity contribution in [2.75, 3.05) is 40.3 Å². The average molecular weight is 257 g/mol. The van der Waals surface area contributed by atoms with Gasteiger partial charge >= 0.3 is 12.0 Å². The van der Waals surface area contributed by atoms with E-state index < -0.39 is 11.9 Å². The topological polar surface area (TPSA) is 72.9 Å². The number of aliphatic carboxylic acids is 1. The maximum absolute atomic E-state index is 11.7. The van der Waals surface area contributed by atoms with Crippen LogP contribution in [0.1, 0.15) is 13.3 Å². The predicted octanol–water partition coefficient (Wildman–Crippen LogP) is 0.300. The van der Waals surface area contributed by atoms with Crippen LogP contribution in [0.4, 0.5) is 4.79 Å². The van der Waals surface area contributed by atoms with Gasteiger partial charge in [-0.3, -0.25) is 4.79 Å². The summed E-state index contributed by atoms with van der Waals surface area (Å²) >= 11 is 0. The fourth-order valence-electron chi connectivity index (χ4n) is 2.13. The van der Waals surface area contributed by atoms with Gasteiger partial charge < -0.3 is 20.2 Å². The first kappa shape index (κ1) is 14.8. The SMILES string of the molecule is CC(CN(C)C(=O)NCC1CCN(C)C1)C(=O)O. The number of carbonyl (C=O) groups is 2. The van der Waals surface area contributed by atoms with Gasteiger partial charge in [0.1, 0.15) is 0 Å². The Morgan fingerprint density at radius 2 is 2.22 bits per heavy atom. The molecule has 6 nitrogen and oxygen atoms in total. The lowest BCUT2D eigenvalue weighted by molar-refractivity contribution is -0.141. The third kappa shape index (κ3) is 4.52. The molecule has 0 aromatic rings. The molecule has 0 aromatic heterocycles. The molecule has 2 unspecified atom stereocenters. The van der Waals surface area contributed by atoms with Gasteiger partial charge in [0.25, 0.3) is 0 Å². The van der Waals surface area contributed by atoms with Crippen LogP contribution in [0, 0.1) is 11.8 Å². The zero-order chi connectivity index (χ0) is 13.7. The highest BCUT2D eigenvalue weighted by atomic mass is 16.4. The van der Waals surface area contributed by atoms with Crippen molar-refractivity contribution >= 4 is 12.0 Å². The van der Waals surface area contributed by atoms with Crippen molar-refractivity contribution in [3.8, 4) is 0 Å². The standard InChI is InChI=1S/C12H23N3O3/c1-9(11(16)17)7-15(3)12(18)13-6-10-4-5-14(2)8-10/h9-10H,4-8H2,1-3H3,(H,13,18)(H,16,17). The van der Waals surface area contributed by atoms with E-state index >= 15 is 0 Å². The maximum Gasteiger partial charge on any atom is 0.317 e. The second-order valence-corrected chi connectivity index (χ2v) is 5.22. The number of likely N-dealkylation sites (tertiary alicyclic amines) is 1. The molecule has 2 amide bonds. The maximum atomic E-state index is 11.7. The molecule has 104 valence electrons. The normalized spacial score (nSPS) is 21.6. The third-order valence-corrected chi connectivity index (χ3v) is 3.35. The minimum atomic E-state index is -0.882. The van der Waals surface area contributed by atoms with Gasteiger partial charge in [0.15, 0.2) is 0 Å². The van der Waals surface area contributed by atoms with E-state index in [1.807, 2.05) is 0 Å². The predicted molar refractivity (Wildman–Crippen MR) is 68.4 cm³/mol. The Bertz CT molecular complexity index is 309. The van der Waals surface area contributed by atoms with E-state index in [9.17, 15) is 9.59 Å². The summed E-state index contributed by atoms with van der Waals surface area (Å²) < 4.78 is 0. The van der Waals surface area contributed by atoms with Crippen molar-refractivity contribution in [2.45, 2.75) is 13.3 Å². The number of carboxylic acids is 1. The van der Waals surface area contributed by atoms with Gasteiger partial charge in [0.05, 0.1) is 5.92 Å². The minimum absolute atomic E-state index is 0.197. The molecule has 0 spiro atoms. The van der Waals surface area contributed by atoms with Crippen molar-refractivity contribution in [1.29, 1.82) is 0 Å². The van der Waals surface area contributed by atoms with Gasteiger partial charge in [-0.2, -0.15) is 0 Å². The third-order valence-electron chi connectivity index (χ3n) is 3.35. The second kappa shape index (κ2) is 6.58. The van der Waals surface area contributed by atoms with E-state index in [1.54, 1.807) is 14.0 Å². The number of urea groups is 1. The highest BCUT2D eigenvalue weighted by Crippen LogP contribution is 2.12. The average Bonchev–Trinajstić information content (AvgIpc) is 2.71. The van der Waals surface area contributed by atoms with Crippen LogP contribution in [0.15, 0.2) is 0 Å². The summed E-state index contributed by atoms with van der Waals surface area (Å²) in [6.07, 6.45) is 1.10. The van der Waals surface area contributed by atoms with Gasteiger partial charge in [-0.15, -0.1) is 0 Å². The van der Waals surface area contributed by atoms with Gasteiger partial charge in [-0.25, -0.2) is 4.79 Å². The van der Waals surface area contributed by atoms with E-state index in [2.05, 4.69) is 17.3 Å². The van der Waals surface area contributed by atoms with Crippen LogP contribution in [0.2, 0.25) is 0 Å². The Morgan fingerprint density at radius 1 is 1.56 bits per heavy atom. The Labute approximate surface area is 108 Å². The molecule has 1 fully saturated rings. The number of hydrogen-bond donors (Lipinski definition) is 2. The minimum Gasteiger partial charge on any atom is -0.481 e.